The van der Waals surface area contributed by atoms with Gasteiger partial charge < -0.3 is 10.5 Å². The molecule has 1 unspecified atom stereocenters. The summed E-state index contributed by atoms with van der Waals surface area (Å²) in [5.74, 6) is -4.16. The number of halogens is 4. The minimum atomic E-state index is -4.16. The lowest BCUT2D eigenvalue weighted by molar-refractivity contribution is -0.166. The Morgan fingerprint density at radius 3 is 2.72 bits per heavy atom. The number of aromatic nitrogens is 3. The first-order valence-corrected chi connectivity index (χ1v) is 5.26. The second-order valence-corrected chi connectivity index (χ2v) is 3.66. The molecule has 0 fully saturated rings. The average molecular weight is 270 g/mol. The summed E-state index contributed by atoms with van der Waals surface area (Å²) in [7, 11) is 0. The predicted octanol–water partition coefficient (Wildman–Crippen LogP) is 1.21. The van der Waals surface area contributed by atoms with Crippen LogP contribution in [0.5, 0.6) is 0 Å². The summed E-state index contributed by atoms with van der Waals surface area (Å²) >= 11 is 0. The fourth-order valence-electron chi connectivity index (χ4n) is 1.27. The molecule has 9 heteroatoms. The number of alkyl halides is 4. The van der Waals surface area contributed by atoms with Gasteiger partial charge in [-0.3, -0.25) is 0 Å². The van der Waals surface area contributed by atoms with E-state index in [9.17, 15) is 17.6 Å². The van der Waals surface area contributed by atoms with Crippen LogP contribution in [0.25, 0.3) is 0 Å². The lowest BCUT2D eigenvalue weighted by Crippen LogP contribution is -2.34. The van der Waals surface area contributed by atoms with Crippen molar-refractivity contribution in [1.29, 1.82) is 0 Å². The number of hydrogen-bond donors (Lipinski definition) is 1. The summed E-state index contributed by atoms with van der Waals surface area (Å²) in [6, 6.07) is -0.742. The largest absolute Gasteiger partial charge is 0.373 e. The molecule has 1 aromatic heterocycles. The van der Waals surface area contributed by atoms with Crippen molar-refractivity contribution >= 4 is 0 Å². The Morgan fingerprint density at radius 1 is 1.50 bits per heavy atom. The van der Waals surface area contributed by atoms with Crippen LogP contribution in [0.2, 0.25) is 0 Å². The van der Waals surface area contributed by atoms with E-state index in [1.54, 1.807) is 6.92 Å². The van der Waals surface area contributed by atoms with Gasteiger partial charge in [0.25, 0.3) is 0 Å². The predicted molar refractivity (Wildman–Crippen MR) is 54.4 cm³/mol. The zero-order valence-corrected chi connectivity index (χ0v) is 9.69. The molecule has 1 atom stereocenters. The first-order valence-electron chi connectivity index (χ1n) is 5.26. The van der Waals surface area contributed by atoms with E-state index in [4.69, 9.17) is 5.73 Å². The Kier molecular flexibility index (Phi) is 5.03. The third-order valence-electron chi connectivity index (χ3n) is 2.24. The number of nitrogens with two attached hydrogens (primary N) is 1. The van der Waals surface area contributed by atoms with E-state index in [0.717, 1.165) is 0 Å². The van der Waals surface area contributed by atoms with Crippen LogP contribution in [-0.2, 0) is 11.3 Å². The van der Waals surface area contributed by atoms with Gasteiger partial charge in [0.2, 0.25) is 0 Å². The van der Waals surface area contributed by atoms with Crippen LogP contribution in [0.15, 0.2) is 6.20 Å². The van der Waals surface area contributed by atoms with Gasteiger partial charge in [0.05, 0.1) is 24.5 Å². The molecule has 0 saturated heterocycles. The van der Waals surface area contributed by atoms with E-state index in [1.807, 2.05) is 0 Å². The highest BCUT2D eigenvalue weighted by Crippen LogP contribution is 2.23. The molecule has 104 valence electrons. The molecule has 0 spiro atoms. The van der Waals surface area contributed by atoms with Crippen molar-refractivity contribution in [1.82, 2.24) is 15.0 Å². The summed E-state index contributed by atoms with van der Waals surface area (Å²) in [4.78, 5) is 0. The van der Waals surface area contributed by atoms with Crippen molar-refractivity contribution in [2.24, 2.45) is 5.73 Å². The Balaban J connectivity index is 2.45. The number of aryl methyl sites for hydroxylation is 1. The van der Waals surface area contributed by atoms with Crippen molar-refractivity contribution in [2.45, 2.75) is 31.9 Å². The molecule has 0 aliphatic rings. The van der Waals surface area contributed by atoms with Gasteiger partial charge in [0, 0.05) is 6.54 Å². The Bertz CT molecular complexity index is 371. The van der Waals surface area contributed by atoms with Gasteiger partial charge >= 0.3 is 12.3 Å². The van der Waals surface area contributed by atoms with Gasteiger partial charge in [0.15, 0.2) is 0 Å². The lowest BCUT2D eigenvalue weighted by atomic mass is 10.2. The molecule has 0 aliphatic heterocycles. The highest BCUT2D eigenvalue weighted by molar-refractivity contribution is 5.00. The number of rotatable bonds is 7. The van der Waals surface area contributed by atoms with E-state index in [1.165, 1.54) is 10.9 Å². The van der Waals surface area contributed by atoms with Crippen LogP contribution in [0, 0.1) is 0 Å². The van der Waals surface area contributed by atoms with Gasteiger partial charge in [-0.25, -0.2) is 13.5 Å². The van der Waals surface area contributed by atoms with Gasteiger partial charge in [-0.15, -0.1) is 5.10 Å². The highest BCUT2D eigenvalue weighted by Gasteiger charge is 2.41. The van der Waals surface area contributed by atoms with Crippen molar-refractivity contribution in [3.05, 3.63) is 11.9 Å². The van der Waals surface area contributed by atoms with Gasteiger partial charge in [-0.1, -0.05) is 5.21 Å². The monoisotopic (exact) mass is 270 g/mol. The van der Waals surface area contributed by atoms with Crippen LogP contribution in [0.3, 0.4) is 0 Å². The molecule has 1 rings (SSSR count). The van der Waals surface area contributed by atoms with Crippen LogP contribution < -0.4 is 5.73 Å². The van der Waals surface area contributed by atoms with Crippen LogP contribution >= 0.6 is 0 Å². The fourth-order valence-corrected chi connectivity index (χ4v) is 1.27. The average Bonchev–Trinajstić information content (AvgIpc) is 2.76. The molecular weight excluding hydrogens is 256 g/mol. The van der Waals surface area contributed by atoms with Gasteiger partial charge in [-0.2, -0.15) is 8.78 Å². The summed E-state index contributed by atoms with van der Waals surface area (Å²) in [5.41, 5.74) is 6.16. The third kappa shape index (κ3) is 3.64. The zero-order chi connectivity index (χ0) is 13.8. The molecule has 1 aromatic rings. The summed E-state index contributed by atoms with van der Waals surface area (Å²) < 4.78 is 54.8. The van der Waals surface area contributed by atoms with Crippen LogP contribution in [-0.4, -0.2) is 40.6 Å². The summed E-state index contributed by atoms with van der Waals surface area (Å²) in [6.45, 7) is 0.634. The first kappa shape index (κ1) is 14.8. The van der Waals surface area contributed by atoms with Crippen LogP contribution in [0.4, 0.5) is 17.6 Å². The quantitative estimate of drug-likeness (QED) is 0.756. The molecule has 0 aromatic carbocycles. The summed E-state index contributed by atoms with van der Waals surface area (Å²) in [6.07, 6.45) is -2.38. The Hall–Kier alpha value is -1.22. The number of hydrogen-bond acceptors (Lipinski definition) is 4. The first-order chi connectivity index (χ1) is 8.38. The van der Waals surface area contributed by atoms with Crippen LogP contribution in [0.1, 0.15) is 18.7 Å². The molecule has 5 nitrogen and oxygen atoms in total. The minimum Gasteiger partial charge on any atom is -0.373 e. The van der Waals surface area contributed by atoms with Crippen molar-refractivity contribution in [2.75, 3.05) is 13.2 Å². The maximum Gasteiger partial charge on any atom is 0.330 e. The summed E-state index contributed by atoms with van der Waals surface area (Å²) in [5, 5.41) is 7.31. The maximum atomic E-state index is 12.5. The van der Waals surface area contributed by atoms with Crippen molar-refractivity contribution in [3.63, 3.8) is 0 Å². The molecule has 0 bridgehead atoms. The van der Waals surface area contributed by atoms with Gasteiger partial charge in [-0.05, 0) is 6.92 Å². The zero-order valence-electron chi connectivity index (χ0n) is 9.69. The Labute approximate surface area is 101 Å². The van der Waals surface area contributed by atoms with Gasteiger partial charge in [0.1, 0.15) is 6.61 Å². The Morgan fingerprint density at radius 2 is 2.17 bits per heavy atom. The van der Waals surface area contributed by atoms with Crippen molar-refractivity contribution < 1.29 is 22.3 Å². The number of ether oxygens (including phenoxy) is 1. The van der Waals surface area contributed by atoms with E-state index in [-0.39, 0.29) is 6.61 Å². The molecule has 2 N–H and O–H groups in total. The van der Waals surface area contributed by atoms with E-state index in [0.29, 0.717) is 12.2 Å². The van der Waals surface area contributed by atoms with E-state index >= 15 is 0 Å². The molecule has 1 heterocycles. The van der Waals surface area contributed by atoms with E-state index < -0.39 is 25.0 Å². The third-order valence-corrected chi connectivity index (χ3v) is 2.24. The molecular formula is C9H14F4N4O. The molecule has 18 heavy (non-hydrogen) atoms. The minimum absolute atomic E-state index is 0.310. The smallest absolute Gasteiger partial charge is 0.330 e. The second-order valence-electron chi connectivity index (χ2n) is 3.66. The van der Waals surface area contributed by atoms with Crippen molar-refractivity contribution in [3.8, 4) is 0 Å². The maximum absolute atomic E-state index is 12.5. The topological polar surface area (TPSA) is 66.0 Å². The van der Waals surface area contributed by atoms with E-state index in [2.05, 4.69) is 15.0 Å². The second kappa shape index (κ2) is 6.10. The molecule has 0 aliphatic carbocycles. The SMILES string of the molecule is CCn1nncc1C(N)COCC(F)(F)C(F)F. The standard InChI is InChI=1S/C9H14F4N4O/c1-2-17-7(3-15-16-17)6(14)4-18-5-9(12,13)8(10)11/h3,6,8H,2,4-5,14H2,1H3. The fraction of sp³-hybridized carbons (Fsp3) is 0.778. The molecule has 0 radical (unpaired) electrons. The number of nitrogens with zero attached hydrogens (tertiary/aromatic N) is 3. The lowest BCUT2D eigenvalue weighted by Gasteiger charge is -2.17. The normalized spacial score (nSPS) is 14.2. The molecule has 0 amide bonds. The molecule has 0 saturated carbocycles. The highest BCUT2D eigenvalue weighted by atomic mass is 19.3.